The van der Waals surface area contributed by atoms with Crippen LogP contribution in [0, 0.1) is 5.82 Å². The normalized spacial score (nSPS) is 11.3. The van der Waals surface area contributed by atoms with Crippen LogP contribution in [0.1, 0.15) is 11.8 Å². The van der Waals surface area contributed by atoms with Gasteiger partial charge >= 0.3 is 0 Å². The van der Waals surface area contributed by atoms with Gasteiger partial charge in [-0.25, -0.2) is 12.8 Å². The zero-order chi connectivity index (χ0) is 17.9. The monoisotopic (exact) mass is 376 g/mol. The summed E-state index contributed by atoms with van der Waals surface area (Å²) >= 11 is 1.27. The lowest BCUT2D eigenvalue weighted by Crippen LogP contribution is -2.11. The second-order valence-corrected chi connectivity index (χ2v) is 8.47. The van der Waals surface area contributed by atoms with Gasteiger partial charge in [0, 0.05) is 21.9 Å². The van der Waals surface area contributed by atoms with Crippen molar-refractivity contribution in [2.75, 3.05) is 10.0 Å². The highest BCUT2D eigenvalue weighted by Crippen LogP contribution is 2.25. The van der Waals surface area contributed by atoms with E-state index in [1.807, 2.05) is 13.0 Å². The van der Waals surface area contributed by atoms with Crippen molar-refractivity contribution >= 4 is 38.4 Å². The highest BCUT2D eigenvalue weighted by Gasteiger charge is 2.16. The third-order valence-corrected chi connectivity index (χ3v) is 6.60. The first kappa shape index (κ1) is 17.4. The lowest BCUT2D eigenvalue weighted by molar-refractivity contribution is 0.603. The molecule has 2 aromatic carbocycles. The molecule has 7 heteroatoms. The number of benzene rings is 2. The number of aryl methyl sites for hydroxylation is 1. The van der Waals surface area contributed by atoms with E-state index >= 15 is 0 Å². The molecule has 25 heavy (non-hydrogen) atoms. The van der Waals surface area contributed by atoms with Crippen molar-refractivity contribution in [3.05, 3.63) is 71.4 Å². The minimum absolute atomic E-state index is 0.298. The average Bonchev–Trinajstić information content (AvgIpc) is 3.07. The lowest BCUT2D eigenvalue weighted by Gasteiger charge is -2.09. The molecule has 0 radical (unpaired) electrons. The fourth-order valence-electron chi connectivity index (χ4n) is 2.25. The summed E-state index contributed by atoms with van der Waals surface area (Å²) < 4.78 is 40.8. The molecule has 2 N–H and O–H groups in total. The molecule has 0 atom stereocenters. The first-order valence-electron chi connectivity index (χ1n) is 7.70. The summed E-state index contributed by atoms with van der Waals surface area (Å²) in [6, 6.07) is 16.4. The van der Waals surface area contributed by atoms with Gasteiger partial charge in [-0.3, -0.25) is 4.72 Å². The van der Waals surface area contributed by atoms with E-state index in [0.717, 1.165) is 17.0 Å². The van der Waals surface area contributed by atoms with Crippen LogP contribution in [-0.4, -0.2) is 8.42 Å². The molecule has 0 amide bonds. The summed E-state index contributed by atoms with van der Waals surface area (Å²) in [5.41, 5.74) is 1.83. The predicted octanol–water partition coefficient (Wildman–Crippen LogP) is 4.99. The van der Waals surface area contributed by atoms with Crippen LogP contribution in [-0.2, 0) is 16.4 Å². The Kier molecular flexibility index (Phi) is 5.06. The Morgan fingerprint density at radius 3 is 2.32 bits per heavy atom. The third-order valence-electron chi connectivity index (χ3n) is 3.50. The molecule has 0 aliphatic heterocycles. The van der Waals surface area contributed by atoms with Gasteiger partial charge in [-0.15, -0.1) is 11.3 Å². The van der Waals surface area contributed by atoms with Crippen LogP contribution in [0.15, 0.2) is 64.9 Å². The fraction of sp³-hybridized carbons (Fsp3) is 0.111. The Morgan fingerprint density at radius 1 is 0.960 bits per heavy atom. The van der Waals surface area contributed by atoms with E-state index in [0.29, 0.717) is 15.6 Å². The predicted molar refractivity (Wildman–Crippen MR) is 101 cm³/mol. The summed E-state index contributed by atoms with van der Waals surface area (Å²) in [4.78, 5) is 1.02. The van der Waals surface area contributed by atoms with Crippen molar-refractivity contribution in [3.63, 3.8) is 0 Å². The van der Waals surface area contributed by atoms with Crippen molar-refractivity contribution in [2.24, 2.45) is 0 Å². The molecule has 3 aromatic rings. The smallest absolute Gasteiger partial charge is 0.271 e. The standard InChI is InChI=1S/C18H17FN2O2S2/c1-2-17-10-11-18(24-17)25(22,23)21-15-8-6-14(7-9-15)20-16-5-3-4-13(19)12-16/h3-12,20-21H,2H2,1H3. The number of hydrogen-bond donors (Lipinski definition) is 2. The Balaban J connectivity index is 1.72. The summed E-state index contributed by atoms with van der Waals surface area (Å²) in [6.07, 6.45) is 0.806. The molecule has 130 valence electrons. The largest absolute Gasteiger partial charge is 0.355 e. The molecule has 0 bridgehead atoms. The maximum absolute atomic E-state index is 13.2. The molecule has 4 nitrogen and oxygen atoms in total. The van der Waals surface area contributed by atoms with Gasteiger partial charge in [0.1, 0.15) is 10.0 Å². The summed E-state index contributed by atoms with van der Waals surface area (Å²) in [7, 11) is -3.58. The number of hydrogen-bond acceptors (Lipinski definition) is 4. The molecule has 0 saturated heterocycles. The first-order chi connectivity index (χ1) is 12.0. The second-order valence-electron chi connectivity index (χ2n) is 5.39. The minimum atomic E-state index is -3.58. The van der Waals surface area contributed by atoms with Crippen LogP contribution in [0.3, 0.4) is 0 Å². The van der Waals surface area contributed by atoms with Crippen molar-refractivity contribution in [1.82, 2.24) is 0 Å². The number of anilines is 3. The van der Waals surface area contributed by atoms with Gasteiger partial charge in [-0.05, 0) is 61.0 Å². The molecule has 3 rings (SSSR count). The van der Waals surface area contributed by atoms with Crippen LogP contribution in [0.25, 0.3) is 0 Å². The molecule has 0 aliphatic rings. The topological polar surface area (TPSA) is 58.2 Å². The minimum Gasteiger partial charge on any atom is -0.355 e. The van der Waals surface area contributed by atoms with Crippen LogP contribution in [0.2, 0.25) is 0 Å². The summed E-state index contributed by atoms with van der Waals surface area (Å²) in [5.74, 6) is -0.322. The van der Waals surface area contributed by atoms with Crippen LogP contribution in [0.5, 0.6) is 0 Å². The number of sulfonamides is 1. The van der Waals surface area contributed by atoms with Gasteiger partial charge in [0.2, 0.25) is 0 Å². The molecule has 0 fully saturated rings. The third kappa shape index (κ3) is 4.37. The quantitative estimate of drug-likeness (QED) is 0.637. The molecule has 0 aliphatic carbocycles. The van der Waals surface area contributed by atoms with Crippen molar-refractivity contribution < 1.29 is 12.8 Å². The van der Waals surface area contributed by atoms with Gasteiger partial charge in [-0.1, -0.05) is 13.0 Å². The Labute approximate surface area is 150 Å². The zero-order valence-corrected chi connectivity index (χ0v) is 15.1. The van der Waals surface area contributed by atoms with E-state index in [-0.39, 0.29) is 5.82 Å². The van der Waals surface area contributed by atoms with Crippen LogP contribution >= 0.6 is 11.3 Å². The Morgan fingerprint density at radius 2 is 1.68 bits per heavy atom. The first-order valence-corrected chi connectivity index (χ1v) is 10.0. The SMILES string of the molecule is CCc1ccc(S(=O)(=O)Nc2ccc(Nc3cccc(F)c3)cc2)s1. The summed E-state index contributed by atoms with van der Waals surface area (Å²) in [5, 5.41) is 3.06. The number of thiophene rings is 1. The van der Waals surface area contributed by atoms with Gasteiger partial charge in [-0.2, -0.15) is 0 Å². The highest BCUT2D eigenvalue weighted by molar-refractivity contribution is 7.94. The number of nitrogens with one attached hydrogen (secondary N) is 2. The van der Waals surface area contributed by atoms with Gasteiger partial charge in [0.25, 0.3) is 10.0 Å². The fourth-order valence-corrected chi connectivity index (χ4v) is 4.61. The average molecular weight is 376 g/mol. The van der Waals surface area contributed by atoms with Crippen molar-refractivity contribution in [1.29, 1.82) is 0 Å². The maximum Gasteiger partial charge on any atom is 0.271 e. The molecule has 0 spiro atoms. The summed E-state index contributed by atoms with van der Waals surface area (Å²) in [6.45, 7) is 1.99. The molecular weight excluding hydrogens is 359 g/mol. The Bertz CT molecular complexity index is 967. The van der Waals surface area contributed by atoms with E-state index < -0.39 is 10.0 Å². The van der Waals surface area contributed by atoms with E-state index in [9.17, 15) is 12.8 Å². The number of halogens is 1. The molecule has 1 aromatic heterocycles. The Hall–Kier alpha value is -2.38. The highest BCUT2D eigenvalue weighted by atomic mass is 32.2. The van der Waals surface area contributed by atoms with E-state index in [2.05, 4.69) is 10.0 Å². The van der Waals surface area contributed by atoms with Crippen LogP contribution < -0.4 is 10.0 Å². The van der Waals surface area contributed by atoms with E-state index in [4.69, 9.17) is 0 Å². The second kappa shape index (κ2) is 7.25. The van der Waals surface area contributed by atoms with E-state index in [1.54, 1.807) is 42.5 Å². The number of rotatable bonds is 6. The van der Waals surface area contributed by atoms with Gasteiger partial charge < -0.3 is 5.32 Å². The van der Waals surface area contributed by atoms with Gasteiger partial charge in [0.15, 0.2) is 0 Å². The van der Waals surface area contributed by atoms with Crippen LogP contribution in [0.4, 0.5) is 21.5 Å². The lowest BCUT2D eigenvalue weighted by atomic mass is 10.2. The van der Waals surface area contributed by atoms with E-state index in [1.165, 1.54) is 23.5 Å². The zero-order valence-electron chi connectivity index (χ0n) is 13.5. The molecule has 0 saturated carbocycles. The molecule has 0 unspecified atom stereocenters. The molecular formula is C18H17FN2O2S2. The van der Waals surface area contributed by atoms with Crippen molar-refractivity contribution in [3.8, 4) is 0 Å². The maximum atomic E-state index is 13.2. The van der Waals surface area contributed by atoms with Gasteiger partial charge in [0.05, 0.1) is 0 Å². The van der Waals surface area contributed by atoms with Crippen molar-refractivity contribution in [2.45, 2.75) is 17.6 Å². The molecule has 1 heterocycles.